The number of rotatable bonds is 5. The normalized spacial score (nSPS) is 18.3. The van der Waals surface area contributed by atoms with Crippen molar-refractivity contribution in [2.24, 2.45) is 0 Å². The highest BCUT2D eigenvalue weighted by Gasteiger charge is 2.21. The van der Waals surface area contributed by atoms with Gasteiger partial charge in [0, 0.05) is 18.3 Å². The number of hydrogen-bond donors (Lipinski definition) is 3. The van der Waals surface area contributed by atoms with Crippen LogP contribution in [0.2, 0.25) is 0 Å². The van der Waals surface area contributed by atoms with Crippen molar-refractivity contribution in [2.45, 2.75) is 18.9 Å². The summed E-state index contributed by atoms with van der Waals surface area (Å²) in [6.07, 6.45) is 1.24. The standard InChI is InChI=1S/C21H23N3O5/c25-15-4-3-9-24(11-15)12-20(26)23-17-6-2-1-5-16(17)21(27)22-14-7-8-18-19(10-14)29-13-28-18/h1-2,5-8,10,15,25H,3-4,9,11-13H2,(H,22,27)(H,23,26)/t15-/m0/s1. The Labute approximate surface area is 168 Å². The van der Waals surface area contributed by atoms with Crippen molar-refractivity contribution in [1.29, 1.82) is 0 Å². The first-order chi connectivity index (χ1) is 14.1. The molecule has 1 atom stereocenters. The lowest BCUT2D eigenvalue weighted by atomic mass is 10.1. The SMILES string of the molecule is O=C(CN1CCC[C@H](O)C1)Nc1ccccc1C(=O)Nc1ccc2c(c1)OCO2. The molecular formula is C21H23N3O5. The number of amides is 2. The molecule has 1 saturated heterocycles. The van der Waals surface area contributed by atoms with E-state index in [1.54, 1.807) is 42.5 Å². The Hall–Kier alpha value is -3.10. The minimum atomic E-state index is -0.392. The molecule has 2 aliphatic rings. The van der Waals surface area contributed by atoms with Crippen molar-refractivity contribution in [3.05, 3.63) is 48.0 Å². The van der Waals surface area contributed by atoms with E-state index in [4.69, 9.17) is 9.47 Å². The number of nitrogens with zero attached hydrogens (tertiary/aromatic N) is 1. The summed E-state index contributed by atoms with van der Waals surface area (Å²) in [6, 6.07) is 12.0. The Kier molecular flexibility index (Phi) is 5.64. The van der Waals surface area contributed by atoms with E-state index < -0.39 is 6.10 Å². The summed E-state index contributed by atoms with van der Waals surface area (Å²) in [5.41, 5.74) is 1.37. The zero-order valence-electron chi connectivity index (χ0n) is 15.9. The van der Waals surface area contributed by atoms with Crippen LogP contribution in [0, 0.1) is 0 Å². The second kappa shape index (κ2) is 8.50. The van der Waals surface area contributed by atoms with E-state index in [1.165, 1.54) is 0 Å². The first-order valence-electron chi connectivity index (χ1n) is 9.59. The molecule has 2 aliphatic heterocycles. The van der Waals surface area contributed by atoms with Crippen molar-refractivity contribution in [3.63, 3.8) is 0 Å². The van der Waals surface area contributed by atoms with Crippen molar-refractivity contribution in [2.75, 3.05) is 37.1 Å². The lowest BCUT2D eigenvalue weighted by molar-refractivity contribution is -0.118. The van der Waals surface area contributed by atoms with Gasteiger partial charge in [-0.2, -0.15) is 0 Å². The maximum atomic E-state index is 12.8. The Morgan fingerprint density at radius 2 is 1.93 bits per heavy atom. The van der Waals surface area contributed by atoms with Crippen molar-refractivity contribution < 1.29 is 24.2 Å². The van der Waals surface area contributed by atoms with Gasteiger partial charge in [-0.05, 0) is 43.7 Å². The molecule has 29 heavy (non-hydrogen) atoms. The smallest absolute Gasteiger partial charge is 0.257 e. The minimum absolute atomic E-state index is 0.162. The van der Waals surface area contributed by atoms with E-state index in [-0.39, 0.29) is 25.2 Å². The van der Waals surface area contributed by atoms with Gasteiger partial charge < -0.3 is 25.2 Å². The first-order valence-corrected chi connectivity index (χ1v) is 9.59. The number of piperidine rings is 1. The highest BCUT2D eigenvalue weighted by Crippen LogP contribution is 2.34. The molecule has 0 radical (unpaired) electrons. The van der Waals surface area contributed by atoms with Crippen LogP contribution in [0.5, 0.6) is 11.5 Å². The summed E-state index contributed by atoms with van der Waals surface area (Å²) in [4.78, 5) is 27.1. The summed E-state index contributed by atoms with van der Waals surface area (Å²) in [6.45, 7) is 1.60. The number of ether oxygens (including phenoxy) is 2. The van der Waals surface area contributed by atoms with E-state index in [0.717, 1.165) is 19.4 Å². The van der Waals surface area contributed by atoms with Crippen LogP contribution < -0.4 is 20.1 Å². The third-order valence-corrected chi connectivity index (χ3v) is 4.92. The predicted octanol–water partition coefficient (Wildman–Crippen LogP) is 2.06. The number of carbonyl (C=O) groups excluding carboxylic acids is 2. The number of hydrogen-bond acceptors (Lipinski definition) is 6. The second-order valence-corrected chi connectivity index (χ2v) is 7.15. The summed E-state index contributed by atoms with van der Waals surface area (Å²) in [5.74, 6) is 0.655. The van der Waals surface area contributed by atoms with Gasteiger partial charge in [-0.25, -0.2) is 0 Å². The Bertz CT molecular complexity index is 917. The Balaban J connectivity index is 1.42. The van der Waals surface area contributed by atoms with E-state index in [2.05, 4.69) is 10.6 Å². The first kappa shape index (κ1) is 19.2. The van der Waals surface area contributed by atoms with Crippen LogP contribution in [0.3, 0.4) is 0 Å². The molecule has 2 aromatic rings. The van der Waals surface area contributed by atoms with Crippen LogP contribution in [-0.4, -0.2) is 54.4 Å². The van der Waals surface area contributed by atoms with E-state index >= 15 is 0 Å². The van der Waals surface area contributed by atoms with Gasteiger partial charge in [0.05, 0.1) is 23.9 Å². The van der Waals surface area contributed by atoms with Gasteiger partial charge in [0.1, 0.15) is 0 Å². The number of likely N-dealkylation sites (tertiary alicyclic amines) is 1. The molecule has 0 aliphatic carbocycles. The van der Waals surface area contributed by atoms with Gasteiger partial charge >= 0.3 is 0 Å². The number of benzene rings is 2. The topological polar surface area (TPSA) is 100 Å². The van der Waals surface area contributed by atoms with E-state index in [1.807, 2.05) is 4.90 Å². The van der Waals surface area contributed by atoms with Crippen LogP contribution in [0.1, 0.15) is 23.2 Å². The number of aliphatic hydroxyl groups is 1. The highest BCUT2D eigenvalue weighted by molar-refractivity contribution is 6.10. The molecule has 2 amide bonds. The zero-order chi connectivity index (χ0) is 20.2. The molecule has 0 spiro atoms. The molecule has 0 unspecified atom stereocenters. The van der Waals surface area contributed by atoms with Crippen LogP contribution in [-0.2, 0) is 4.79 Å². The molecule has 1 fully saturated rings. The summed E-state index contributed by atoms with van der Waals surface area (Å²) >= 11 is 0. The van der Waals surface area contributed by atoms with Gasteiger partial charge in [0.15, 0.2) is 11.5 Å². The number of nitrogens with one attached hydrogen (secondary N) is 2. The molecule has 0 saturated carbocycles. The Morgan fingerprint density at radius 3 is 2.79 bits per heavy atom. The van der Waals surface area contributed by atoms with Crippen molar-refractivity contribution in [1.82, 2.24) is 4.90 Å². The summed E-state index contributed by atoms with van der Waals surface area (Å²) in [5, 5.41) is 15.4. The number of β-amino-alcohol motifs (C(OH)–C–C–N with tert-alkyl or cyclic N) is 1. The molecule has 2 heterocycles. The molecule has 4 rings (SSSR count). The van der Waals surface area contributed by atoms with Crippen LogP contribution in [0.15, 0.2) is 42.5 Å². The molecule has 0 aromatic heterocycles. The van der Waals surface area contributed by atoms with Crippen LogP contribution >= 0.6 is 0 Å². The van der Waals surface area contributed by atoms with Gasteiger partial charge in [0.2, 0.25) is 12.7 Å². The summed E-state index contributed by atoms with van der Waals surface area (Å²) in [7, 11) is 0. The molecule has 8 nitrogen and oxygen atoms in total. The van der Waals surface area contributed by atoms with Crippen molar-refractivity contribution >= 4 is 23.2 Å². The fourth-order valence-electron chi connectivity index (χ4n) is 3.53. The maximum absolute atomic E-state index is 12.8. The van der Waals surface area contributed by atoms with Gasteiger partial charge in [-0.15, -0.1) is 0 Å². The van der Waals surface area contributed by atoms with Crippen LogP contribution in [0.25, 0.3) is 0 Å². The Morgan fingerprint density at radius 1 is 1.10 bits per heavy atom. The number of para-hydroxylation sites is 1. The number of aliphatic hydroxyl groups excluding tert-OH is 1. The number of anilines is 2. The number of fused-ring (bicyclic) bond motifs is 1. The molecule has 3 N–H and O–H groups in total. The third-order valence-electron chi connectivity index (χ3n) is 4.92. The molecule has 0 bridgehead atoms. The summed E-state index contributed by atoms with van der Waals surface area (Å²) < 4.78 is 10.6. The lowest BCUT2D eigenvalue weighted by Crippen LogP contribution is -2.42. The molecule has 8 heteroatoms. The number of carbonyl (C=O) groups is 2. The monoisotopic (exact) mass is 397 g/mol. The van der Waals surface area contributed by atoms with E-state index in [0.29, 0.717) is 35.0 Å². The van der Waals surface area contributed by atoms with Gasteiger partial charge in [0.25, 0.3) is 5.91 Å². The molecular weight excluding hydrogens is 374 g/mol. The predicted molar refractivity (Wildman–Crippen MR) is 107 cm³/mol. The fraction of sp³-hybridized carbons (Fsp3) is 0.333. The maximum Gasteiger partial charge on any atom is 0.257 e. The van der Waals surface area contributed by atoms with Crippen molar-refractivity contribution in [3.8, 4) is 11.5 Å². The highest BCUT2D eigenvalue weighted by atomic mass is 16.7. The average Bonchev–Trinajstić information content (AvgIpc) is 3.16. The lowest BCUT2D eigenvalue weighted by Gasteiger charge is -2.29. The third kappa shape index (κ3) is 4.67. The van der Waals surface area contributed by atoms with Gasteiger partial charge in [-0.1, -0.05) is 12.1 Å². The molecule has 2 aromatic carbocycles. The largest absolute Gasteiger partial charge is 0.454 e. The second-order valence-electron chi connectivity index (χ2n) is 7.15. The molecule has 152 valence electrons. The van der Waals surface area contributed by atoms with Gasteiger partial charge in [-0.3, -0.25) is 14.5 Å². The fourth-order valence-corrected chi connectivity index (χ4v) is 3.53. The zero-order valence-corrected chi connectivity index (χ0v) is 15.9. The van der Waals surface area contributed by atoms with E-state index in [9.17, 15) is 14.7 Å². The average molecular weight is 397 g/mol. The minimum Gasteiger partial charge on any atom is -0.454 e. The quantitative estimate of drug-likeness (QED) is 0.714. The van der Waals surface area contributed by atoms with Crippen LogP contribution in [0.4, 0.5) is 11.4 Å².